The van der Waals surface area contributed by atoms with Crippen molar-refractivity contribution in [2.24, 2.45) is 10.9 Å². The first-order chi connectivity index (χ1) is 11.5. The second-order valence-corrected chi connectivity index (χ2v) is 7.29. The van der Waals surface area contributed by atoms with Crippen molar-refractivity contribution in [2.45, 2.75) is 40.0 Å². The van der Waals surface area contributed by atoms with Gasteiger partial charge in [0, 0.05) is 38.0 Å². The number of aliphatic imine (C=N–C) groups is 1. The van der Waals surface area contributed by atoms with Crippen LogP contribution in [0.2, 0.25) is 0 Å². The monoisotopic (exact) mass is 352 g/mol. The standard InChI is InChI=1S/C17H28N4O2S/c1-5-23-16(22)14-7-6-10-21(11-14)17(18-4)19-9-8-15-12(2)20-13(3)24-15/h14H,5-11H2,1-4H3,(H,18,19). The lowest BCUT2D eigenvalue weighted by Crippen LogP contribution is -2.48. The van der Waals surface area contributed by atoms with Gasteiger partial charge in [0.05, 0.1) is 23.2 Å². The van der Waals surface area contributed by atoms with E-state index in [0.717, 1.165) is 49.0 Å². The number of aryl methyl sites for hydroxylation is 2. The minimum absolute atomic E-state index is 0.0522. The van der Waals surface area contributed by atoms with Crippen molar-refractivity contribution in [1.29, 1.82) is 0 Å². The van der Waals surface area contributed by atoms with Gasteiger partial charge in [-0.3, -0.25) is 9.79 Å². The van der Waals surface area contributed by atoms with Gasteiger partial charge in [-0.25, -0.2) is 4.98 Å². The lowest BCUT2D eigenvalue weighted by Gasteiger charge is -2.33. The molecule has 2 rings (SSSR count). The second-order valence-electron chi connectivity index (χ2n) is 6.00. The first-order valence-electron chi connectivity index (χ1n) is 8.60. The van der Waals surface area contributed by atoms with Gasteiger partial charge in [-0.1, -0.05) is 0 Å². The Kier molecular flexibility index (Phi) is 7.02. The molecule has 0 radical (unpaired) electrons. The van der Waals surface area contributed by atoms with Crippen molar-refractivity contribution >= 4 is 23.3 Å². The molecule has 7 heteroatoms. The molecule has 0 aliphatic carbocycles. The van der Waals surface area contributed by atoms with Gasteiger partial charge < -0.3 is 15.0 Å². The highest BCUT2D eigenvalue weighted by Gasteiger charge is 2.28. The topological polar surface area (TPSA) is 66.8 Å². The van der Waals surface area contributed by atoms with Crippen molar-refractivity contribution in [3.8, 4) is 0 Å². The van der Waals surface area contributed by atoms with E-state index in [1.807, 2.05) is 13.8 Å². The normalized spacial score (nSPS) is 18.6. The summed E-state index contributed by atoms with van der Waals surface area (Å²) in [7, 11) is 1.79. The smallest absolute Gasteiger partial charge is 0.310 e. The Morgan fingerprint density at radius 3 is 2.92 bits per heavy atom. The van der Waals surface area contributed by atoms with E-state index >= 15 is 0 Å². The molecule has 1 aliphatic heterocycles. The summed E-state index contributed by atoms with van der Waals surface area (Å²) in [6, 6.07) is 0. The third kappa shape index (κ3) is 4.93. The molecule has 0 bridgehead atoms. The van der Waals surface area contributed by atoms with Crippen LogP contribution in [-0.4, -0.2) is 55.1 Å². The van der Waals surface area contributed by atoms with Crippen LogP contribution in [0.25, 0.3) is 0 Å². The Hall–Kier alpha value is -1.63. The van der Waals surface area contributed by atoms with Gasteiger partial charge in [0.2, 0.25) is 0 Å². The van der Waals surface area contributed by atoms with Gasteiger partial charge in [0.15, 0.2) is 5.96 Å². The summed E-state index contributed by atoms with van der Waals surface area (Å²) in [5.74, 6) is 0.722. The maximum atomic E-state index is 12.0. The van der Waals surface area contributed by atoms with Crippen LogP contribution in [0.3, 0.4) is 0 Å². The molecule has 0 aromatic carbocycles. The zero-order valence-corrected chi connectivity index (χ0v) is 15.9. The van der Waals surface area contributed by atoms with E-state index in [1.54, 1.807) is 18.4 Å². The summed E-state index contributed by atoms with van der Waals surface area (Å²) < 4.78 is 5.17. The van der Waals surface area contributed by atoms with Crippen molar-refractivity contribution in [3.63, 3.8) is 0 Å². The highest BCUT2D eigenvalue weighted by molar-refractivity contribution is 7.11. The molecule has 0 amide bonds. The molecule has 1 aromatic rings. The Morgan fingerprint density at radius 2 is 2.29 bits per heavy atom. The number of hydrogen-bond acceptors (Lipinski definition) is 5. The average Bonchev–Trinajstić information content (AvgIpc) is 2.89. The average molecular weight is 353 g/mol. The van der Waals surface area contributed by atoms with E-state index in [9.17, 15) is 4.79 Å². The fourth-order valence-corrected chi connectivity index (χ4v) is 3.98. The van der Waals surface area contributed by atoms with Crippen LogP contribution < -0.4 is 5.32 Å². The van der Waals surface area contributed by atoms with E-state index in [1.165, 1.54) is 4.88 Å². The summed E-state index contributed by atoms with van der Waals surface area (Å²) >= 11 is 1.75. The van der Waals surface area contributed by atoms with Gasteiger partial charge in [0.1, 0.15) is 0 Å². The van der Waals surface area contributed by atoms with Crippen LogP contribution in [0.1, 0.15) is 35.3 Å². The van der Waals surface area contributed by atoms with Crippen LogP contribution in [0.4, 0.5) is 0 Å². The third-order valence-corrected chi connectivity index (χ3v) is 5.32. The molecule has 0 saturated carbocycles. The van der Waals surface area contributed by atoms with Crippen LogP contribution in [0.5, 0.6) is 0 Å². The number of nitrogens with zero attached hydrogens (tertiary/aromatic N) is 3. The zero-order valence-electron chi connectivity index (χ0n) is 15.1. The third-order valence-electron chi connectivity index (χ3n) is 4.19. The molecule has 1 saturated heterocycles. The number of esters is 1. The fraction of sp³-hybridized carbons (Fsp3) is 0.706. The summed E-state index contributed by atoms with van der Waals surface area (Å²) in [6.07, 6.45) is 2.81. The Bertz CT molecular complexity index is 585. The number of thiazole rings is 1. The number of ether oxygens (including phenoxy) is 1. The number of piperidine rings is 1. The van der Waals surface area contributed by atoms with Crippen LogP contribution in [-0.2, 0) is 16.0 Å². The number of guanidine groups is 1. The molecular formula is C17H28N4O2S. The summed E-state index contributed by atoms with van der Waals surface area (Å²) in [6.45, 7) is 8.80. The molecular weight excluding hydrogens is 324 g/mol. The number of nitrogens with one attached hydrogen (secondary N) is 1. The summed E-state index contributed by atoms with van der Waals surface area (Å²) in [5.41, 5.74) is 1.12. The zero-order chi connectivity index (χ0) is 17.5. The van der Waals surface area contributed by atoms with Crippen molar-refractivity contribution < 1.29 is 9.53 Å². The number of hydrogen-bond donors (Lipinski definition) is 1. The minimum Gasteiger partial charge on any atom is -0.466 e. The van der Waals surface area contributed by atoms with Gasteiger partial charge in [-0.05, 0) is 33.6 Å². The lowest BCUT2D eigenvalue weighted by molar-refractivity contribution is -0.149. The quantitative estimate of drug-likeness (QED) is 0.500. The maximum absolute atomic E-state index is 12.0. The molecule has 6 nitrogen and oxygen atoms in total. The Morgan fingerprint density at radius 1 is 1.50 bits per heavy atom. The van der Waals surface area contributed by atoms with E-state index in [-0.39, 0.29) is 11.9 Å². The molecule has 24 heavy (non-hydrogen) atoms. The van der Waals surface area contributed by atoms with Crippen LogP contribution in [0.15, 0.2) is 4.99 Å². The SMILES string of the molecule is CCOC(=O)C1CCCN(C(=NC)NCCc2sc(C)nc2C)C1. The molecule has 1 aliphatic rings. The molecule has 2 heterocycles. The Labute approximate surface area is 148 Å². The molecule has 1 fully saturated rings. The molecule has 1 aromatic heterocycles. The first-order valence-corrected chi connectivity index (χ1v) is 9.42. The highest BCUT2D eigenvalue weighted by Crippen LogP contribution is 2.19. The molecule has 134 valence electrons. The van der Waals surface area contributed by atoms with E-state index < -0.39 is 0 Å². The van der Waals surface area contributed by atoms with E-state index in [0.29, 0.717) is 13.2 Å². The number of rotatable bonds is 5. The van der Waals surface area contributed by atoms with E-state index in [2.05, 4.69) is 27.1 Å². The predicted molar refractivity (Wildman–Crippen MR) is 97.6 cm³/mol. The van der Waals surface area contributed by atoms with Gasteiger partial charge in [-0.2, -0.15) is 0 Å². The fourth-order valence-electron chi connectivity index (χ4n) is 3.05. The molecule has 1 unspecified atom stereocenters. The largest absolute Gasteiger partial charge is 0.466 e. The Balaban J connectivity index is 1.86. The van der Waals surface area contributed by atoms with Crippen LogP contribution in [0, 0.1) is 19.8 Å². The summed E-state index contributed by atoms with van der Waals surface area (Å²) in [5, 5.41) is 4.53. The minimum atomic E-state index is -0.0894. The van der Waals surface area contributed by atoms with Crippen molar-refractivity contribution in [2.75, 3.05) is 33.3 Å². The molecule has 0 spiro atoms. The number of carbonyl (C=O) groups excluding carboxylic acids is 1. The molecule has 1 N–H and O–H groups in total. The number of aromatic nitrogens is 1. The lowest BCUT2D eigenvalue weighted by atomic mass is 9.98. The number of likely N-dealkylation sites (tertiary alicyclic amines) is 1. The van der Waals surface area contributed by atoms with Crippen molar-refractivity contribution in [3.05, 3.63) is 15.6 Å². The van der Waals surface area contributed by atoms with Gasteiger partial charge in [0.25, 0.3) is 0 Å². The first kappa shape index (κ1) is 18.7. The molecule has 1 atom stereocenters. The predicted octanol–water partition coefficient (Wildman–Crippen LogP) is 2.15. The van der Waals surface area contributed by atoms with Gasteiger partial charge in [-0.15, -0.1) is 11.3 Å². The van der Waals surface area contributed by atoms with Gasteiger partial charge >= 0.3 is 5.97 Å². The maximum Gasteiger partial charge on any atom is 0.310 e. The summed E-state index contributed by atoms with van der Waals surface area (Å²) in [4.78, 5) is 24.3. The highest BCUT2D eigenvalue weighted by atomic mass is 32.1. The van der Waals surface area contributed by atoms with E-state index in [4.69, 9.17) is 4.74 Å². The number of carbonyl (C=O) groups is 1. The van der Waals surface area contributed by atoms with Crippen LogP contribution >= 0.6 is 11.3 Å². The van der Waals surface area contributed by atoms with Crippen molar-refractivity contribution in [1.82, 2.24) is 15.2 Å². The second kappa shape index (κ2) is 9.01.